The van der Waals surface area contributed by atoms with E-state index < -0.39 is 0 Å². The van der Waals surface area contributed by atoms with Gasteiger partial charge < -0.3 is 15.4 Å². The van der Waals surface area contributed by atoms with Crippen molar-refractivity contribution in [3.05, 3.63) is 0 Å². The Morgan fingerprint density at radius 2 is 1.87 bits per heavy atom. The Bertz CT molecular complexity index is 194. The topological polar surface area (TPSA) is 50.8 Å². The highest BCUT2D eigenvalue weighted by Crippen LogP contribution is 2.12. The fourth-order valence-corrected chi connectivity index (χ4v) is 0.817. The van der Waals surface area contributed by atoms with Crippen LogP contribution in [0.15, 0.2) is 4.99 Å². The maximum absolute atomic E-state index is 5.80. The fourth-order valence-electron chi connectivity index (χ4n) is 0.817. The van der Waals surface area contributed by atoms with Gasteiger partial charge in [0.15, 0.2) is 0 Å². The van der Waals surface area contributed by atoms with Crippen molar-refractivity contribution in [1.82, 2.24) is 4.90 Å². The molecule has 0 aromatic rings. The van der Waals surface area contributed by atoms with Gasteiger partial charge >= 0.3 is 0 Å². The van der Waals surface area contributed by atoms with Gasteiger partial charge in [0.05, 0.1) is 25.6 Å². The second-order valence-electron chi connectivity index (χ2n) is 4.93. The van der Waals surface area contributed by atoms with Crippen molar-refractivity contribution in [2.24, 2.45) is 16.1 Å². The van der Waals surface area contributed by atoms with E-state index in [-0.39, 0.29) is 5.41 Å². The third-order valence-electron chi connectivity index (χ3n) is 1.97. The van der Waals surface area contributed by atoms with Crippen molar-refractivity contribution in [3.8, 4) is 0 Å². The average molecular weight is 215 g/mol. The van der Waals surface area contributed by atoms with E-state index in [0.717, 1.165) is 13.2 Å². The lowest BCUT2D eigenvalue weighted by Gasteiger charge is -2.17. The van der Waals surface area contributed by atoms with Crippen molar-refractivity contribution < 1.29 is 4.74 Å². The Morgan fingerprint density at radius 3 is 2.33 bits per heavy atom. The van der Waals surface area contributed by atoms with Crippen LogP contribution in [0.2, 0.25) is 0 Å². The summed E-state index contributed by atoms with van der Waals surface area (Å²) in [6.07, 6.45) is 0. The SMILES string of the molecule is CN(C)CCOCCN=C(N)C(C)(C)C. The summed E-state index contributed by atoms with van der Waals surface area (Å²) in [5.41, 5.74) is 5.76. The molecule has 0 aromatic carbocycles. The number of hydrogen-bond acceptors (Lipinski definition) is 3. The summed E-state index contributed by atoms with van der Waals surface area (Å²) >= 11 is 0. The van der Waals surface area contributed by atoms with Crippen LogP contribution in [-0.2, 0) is 4.74 Å². The first-order valence-corrected chi connectivity index (χ1v) is 5.37. The molecule has 90 valence electrons. The number of nitrogens with zero attached hydrogens (tertiary/aromatic N) is 2. The number of ether oxygens (including phenoxy) is 1. The largest absolute Gasteiger partial charge is 0.387 e. The first-order chi connectivity index (χ1) is 6.84. The monoisotopic (exact) mass is 215 g/mol. The Hall–Kier alpha value is -0.610. The molecule has 0 heterocycles. The van der Waals surface area contributed by atoms with Crippen LogP contribution in [0, 0.1) is 5.41 Å². The van der Waals surface area contributed by atoms with Crippen LogP contribution in [0.25, 0.3) is 0 Å². The maximum atomic E-state index is 5.80. The van der Waals surface area contributed by atoms with Gasteiger partial charge in [0.25, 0.3) is 0 Å². The van der Waals surface area contributed by atoms with Gasteiger partial charge in [-0.1, -0.05) is 20.8 Å². The fraction of sp³-hybridized carbons (Fsp3) is 0.909. The molecular formula is C11H25N3O. The molecule has 4 nitrogen and oxygen atoms in total. The molecule has 0 bridgehead atoms. The van der Waals surface area contributed by atoms with Gasteiger partial charge in [0, 0.05) is 12.0 Å². The molecule has 15 heavy (non-hydrogen) atoms. The minimum Gasteiger partial charge on any atom is -0.387 e. The molecule has 4 heteroatoms. The summed E-state index contributed by atoms with van der Waals surface area (Å²) in [7, 11) is 4.05. The Balaban J connectivity index is 3.54. The van der Waals surface area contributed by atoms with Gasteiger partial charge in [0.1, 0.15) is 0 Å². The van der Waals surface area contributed by atoms with Gasteiger partial charge in [0.2, 0.25) is 0 Å². The predicted molar refractivity (Wildman–Crippen MR) is 65.3 cm³/mol. The van der Waals surface area contributed by atoms with E-state index >= 15 is 0 Å². The Kier molecular flexibility index (Phi) is 6.52. The normalized spacial score (nSPS) is 13.6. The lowest BCUT2D eigenvalue weighted by molar-refractivity contribution is 0.124. The van der Waals surface area contributed by atoms with E-state index in [1.54, 1.807) is 0 Å². The number of hydrogen-bond donors (Lipinski definition) is 1. The van der Waals surface area contributed by atoms with Gasteiger partial charge in [-0.3, -0.25) is 4.99 Å². The second kappa shape index (κ2) is 6.80. The minimum absolute atomic E-state index is 0.0381. The Morgan fingerprint density at radius 1 is 1.27 bits per heavy atom. The van der Waals surface area contributed by atoms with E-state index in [1.165, 1.54) is 0 Å². The molecule has 0 unspecified atom stereocenters. The molecule has 0 aromatic heterocycles. The number of nitrogens with two attached hydrogens (primary N) is 1. The molecule has 0 amide bonds. The van der Waals surface area contributed by atoms with E-state index in [1.807, 2.05) is 14.1 Å². The zero-order valence-corrected chi connectivity index (χ0v) is 10.7. The third-order valence-corrected chi connectivity index (χ3v) is 1.97. The van der Waals surface area contributed by atoms with E-state index in [2.05, 4.69) is 30.7 Å². The highest BCUT2D eigenvalue weighted by atomic mass is 16.5. The van der Waals surface area contributed by atoms with Gasteiger partial charge in [-0.25, -0.2) is 0 Å². The van der Waals surface area contributed by atoms with Crippen LogP contribution < -0.4 is 5.73 Å². The van der Waals surface area contributed by atoms with Gasteiger partial charge in [-0.05, 0) is 14.1 Å². The van der Waals surface area contributed by atoms with Gasteiger partial charge in [-0.2, -0.15) is 0 Å². The lowest BCUT2D eigenvalue weighted by atomic mass is 9.95. The Labute approximate surface area is 93.5 Å². The van der Waals surface area contributed by atoms with E-state index in [4.69, 9.17) is 10.5 Å². The lowest BCUT2D eigenvalue weighted by Crippen LogP contribution is -2.29. The van der Waals surface area contributed by atoms with Crippen LogP contribution in [0.3, 0.4) is 0 Å². The maximum Gasteiger partial charge on any atom is 0.0992 e. The molecule has 2 N–H and O–H groups in total. The summed E-state index contributed by atoms with van der Waals surface area (Å²) in [5.74, 6) is 0.693. The molecule has 0 aliphatic rings. The molecule has 0 radical (unpaired) electrons. The summed E-state index contributed by atoms with van der Waals surface area (Å²) < 4.78 is 5.40. The van der Waals surface area contributed by atoms with Crippen molar-refractivity contribution in [2.75, 3.05) is 40.4 Å². The summed E-state index contributed by atoms with van der Waals surface area (Å²) in [6, 6.07) is 0. The number of aliphatic imine (C=N–C) groups is 1. The quantitative estimate of drug-likeness (QED) is 0.408. The summed E-state index contributed by atoms with van der Waals surface area (Å²) in [6.45, 7) is 9.15. The highest BCUT2D eigenvalue weighted by molar-refractivity contribution is 5.85. The molecule has 0 aliphatic carbocycles. The van der Waals surface area contributed by atoms with Crippen LogP contribution in [0.4, 0.5) is 0 Å². The zero-order valence-electron chi connectivity index (χ0n) is 10.7. The van der Waals surface area contributed by atoms with E-state index in [0.29, 0.717) is 19.0 Å². The molecule has 0 saturated carbocycles. The molecule has 0 fully saturated rings. The zero-order chi connectivity index (χ0) is 11.9. The molecular weight excluding hydrogens is 190 g/mol. The van der Waals surface area contributed by atoms with Crippen molar-refractivity contribution >= 4 is 5.84 Å². The predicted octanol–water partition coefficient (Wildman–Crippen LogP) is 0.968. The standard InChI is InChI=1S/C11H25N3O/c1-11(2,3)10(12)13-6-8-15-9-7-14(4)5/h6-9H2,1-5H3,(H2,12,13). The van der Waals surface area contributed by atoms with Crippen LogP contribution >= 0.6 is 0 Å². The third kappa shape index (κ3) is 8.39. The number of likely N-dealkylation sites (N-methyl/N-ethyl adjacent to an activating group) is 1. The second-order valence-corrected chi connectivity index (χ2v) is 4.93. The summed E-state index contributed by atoms with van der Waals surface area (Å²) in [5, 5.41) is 0. The number of amidine groups is 1. The first-order valence-electron chi connectivity index (χ1n) is 5.37. The molecule has 0 spiro atoms. The first kappa shape index (κ1) is 14.4. The van der Waals surface area contributed by atoms with Crippen LogP contribution in [0.5, 0.6) is 0 Å². The number of rotatable bonds is 6. The van der Waals surface area contributed by atoms with Crippen molar-refractivity contribution in [2.45, 2.75) is 20.8 Å². The smallest absolute Gasteiger partial charge is 0.0992 e. The van der Waals surface area contributed by atoms with Crippen molar-refractivity contribution in [3.63, 3.8) is 0 Å². The molecule has 0 aliphatic heterocycles. The minimum atomic E-state index is -0.0381. The van der Waals surface area contributed by atoms with E-state index in [9.17, 15) is 0 Å². The molecule has 0 saturated heterocycles. The van der Waals surface area contributed by atoms with Crippen LogP contribution in [-0.4, -0.2) is 51.1 Å². The highest BCUT2D eigenvalue weighted by Gasteiger charge is 2.14. The van der Waals surface area contributed by atoms with Crippen molar-refractivity contribution in [1.29, 1.82) is 0 Å². The summed E-state index contributed by atoms with van der Waals surface area (Å²) in [4.78, 5) is 6.36. The molecule has 0 atom stereocenters. The van der Waals surface area contributed by atoms with Crippen LogP contribution in [0.1, 0.15) is 20.8 Å². The van der Waals surface area contributed by atoms with Gasteiger partial charge in [-0.15, -0.1) is 0 Å². The molecule has 0 rings (SSSR count). The average Bonchev–Trinajstić information content (AvgIpc) is 2.08.